The molecule has 1 unspecified atom stereocenters. The van der Waals surface area contributed by atoms with Crippen LogP contribution in [0.5, 0.6) is 0 Å². The second-order valence-corrected chi connectivity index (χ2v) is 18.2. The van der Waals surface area contributed by atoms with Crippen molar-refractivity contribution in [1.82, 2.24) is 4.67 Å². The van der Waals surface area contributed by atoms with E-state index in [4.69, 9.17) is 0 Å². The Hall–Kier alpha value is -2.19. The van der Waals surface area contributed by atoms with Gasteiger partial charge in [0.25, 0.3) is 0 Å². The first-order valence-electron chi connectivity index (χ1n) is 16.3. The third-order valence-electron chi connectivity index (χ3n) is 10.9. The minimum absolute atomic E-state index is 0. The molecule has 2 aliphatic carbocycles. The van der Waals surface area contributed by atoms with Crippen molar-refractivity contribution in [2.75, 3.05) is 12.7 Å². The molecule has 0 radical (unpaired) electrons. The first kappa shape index (κ1) is 31.2. The van der Waals surface area contributed by atoms with E-state index in [-0.39, 0.29) is 12.4 Å². The van der Waals surface area contributed by atoms with Crippen molar-refractivity contribution in [3.05, 3.63) is 91.0 Å². The van der Waals surface area contributed by atoms with Gasteiger partial charge in [-0.05, 0) is 0 Å². The number of benzene rings is 3. The van der Waals surface area contributed by atoms with Crippen molar-refractivity contribution in [3.8, 4) is 0 Å². The van der Waals surface area contributed by atoms with E-state index >= 15 is 0 Å². The third-order valence-corrected chi connectivity index (χ3v) is 17.9. The van der Waals surface area contributed by atoms with Gasteiger partial charge in [-0.1, -0.05) is 0 Å². The van der Waals surface area contributed by atoms with Crippen LogP contribution in [0.1, 0.15) is 77.0 Å². The molecule has 2 saturated carbocycles. The molecule has 5 heteroatoms. The minimum atomic E-state index is -3.45. The van der Waals surface area contributed by atoms with Crippen LogP contribution in [0, 0.1) is 17.8 Å². The van der Waals surface area contributed by atoms with Crippen LogP contribution in [0.15, 0.2) is 91.0 Å². The monoisotopic (exact) mass is 605 g/mol. The number of rotatable bonds is 9. The molecule has 3 fully saturated rings. The molecule has 3 aromatic rings. The summed E-state index contributed by atoms with van der Waals surface area (Å²) in [4.78, 5) is 13.4. The number of hydrogen-bond acceptors (Lipinski definition) is 2. The summed E-state index contributed by atoms with van der Waals surface area (Å²) in [5.41, 5.74) is 0. The van der Waals surface area contributed by atoms with Gasteiger partial charge in [0.1, 0.15) is 0 Å². The molecule has 0 spiro atoms. The van der Waals surface area contributed by atoms with E-state index in [0.717, 1.165) is 25.0 Å². The van der Waals surface area contributed by atoms with E-state index in [1.807, 2.05) is 0 Å². The van der Waals surface area contributed by atoms with Gasteiger partial charge < -0.3 is 0 Å². The second-order valence-electron chi connectivity index (χ2n) is 13.3. The average Bonchev–Trinajstić information content (AvgIpc) is 3.47. The molecule has 1 saturated heterocycles. The fourth-order valence-electron chi connectivity index (χ4n) is 9.12. The Kier molecular flexibility index (Phi) is 10.1. The zero-order valence-electron chi connectivity index (χ0n) is 25.0. The van der Waals surface area contributed by atoms with Crippen molar-refractivity contribution < 1.29 is 9.90 Å². The summed E-state index contributed by atoms with van der Waals surface area (Å²) in [6.45, 7) is -2.58. The molecule has 0 amide bonds. The van der Waals surface area contributed by atoms with Gasteiger partial charge in [0.2, 0.25) is 0 Å². The molecule has 1 N–H and O–H groups in total. The molecule has 1 heterocycles. The number of carboxylic acids is 1. The second kappa shape index (κ2) is 13.6. The quantitative estimate of drug-likeness (QED) is 0.250. The molecule has 0 aromatic heterocycles. The van der Waals surface area contributed by atoms with Gasteiger partial charge >= 0.3 is 248 Å². The first-order chi connectivity index (χ1) is 20.1. The van der Waals surface area contributed by atoms with Crippen LogP contribution >= 0.6 is 19.2 Å². The Balaban J connectivity index is 0.00000353. The standard InChI is InChI=1S/C37H48NO2P.ClH/c39-37(40)36-27-32(26-30-16-6-1-7-17-30)28-38(36)41(33-20-10-3-11-21-33,34-22-12-4-13-23-34,35-24-14-5-15-25-35)29-31-18-8-2-9-19-31;/h3-5,10-15,20-25,30-32,36H,1-2,6-9,16-19,26-29H2,(H,39,40);1H/t32?,36-;/m0./s1. The molecule has 0 bridgehead atoms. The van der Waals surface area contributed by atoms with Crippen LogP contribution in [0.2, 0.25) is 0 Å². The number of carbonyl (C=O) groups is 1. The molecule has 2 atom stereocenters. The zero-order valence-corrected chi connectivity index (χ0v) is 26.7. The maximum absolute atomic E-state index is 13.4. The Morgan fingerprint density at radius 1 is 0.643 bits per heavy atom. The molecule has 3 aromatic carbocycles. The molecule has 1 aliphatic heterocycles. The van der Waals surface area contributed by atoms with Crippen molar-refractivity contribution in [1.29, 1.82) is 0 Å². The molecular weight excluding hydrogens is 557 g/mol. The van der Waals surface area contributed by atoms with Crippen LogP contribution in [0.25, 0.3) is 0 Å². The van der Waals surface area contributed by atoms with E-state index in [0.29, 0.717) is 11.8 Å². The van der Waals surface area contributed by atoms with E-state index in [2.05, 4.69) is 95.7 Å². The molecule has 226 valence electrons. The van der Waals surface area contributed by atoms with Gasteiger partial charge in [-0.2, -0.15) is 0 Å². The molecule has 6 rings (SSSR count). The van der Waals surface area contributed by atoms with Crippen molar-refractivity contribution in [3.63, 3.8) is 0 Å². The first-order valence-corrected chi connectivity index (χ1v) is 18.7. The Bertz CT molecular complexity index is 1180. The normalized spacial score (nSPS) is 23.5. The summed E-state index contributed by atoms with van der Waals surface area (Å²) in [6, 6.07) is 33.1. The summed E-state index contributed by atoms with van der Waals surface area (Å²) in [7, 11) is 0. The average molecular weight is 606 g/mol. The fourth-order valence-corrected chi connectivity index (χ4v) is 17.0. The van der Waals surface area contributed by atoms with Crippen molar-refractivity contribution in [2.45, 2.75) is 83.1 Å². The van der Waals surface area contributed by atoms with Crippen LogP contribution < -0.4 is 15.9 Å². The summed E-state index contributed by atoms with van der Waals surface area (Å²) < 4.78 is 2.63. The van der Waals surface area contributed by atoms with Gasteiger partial charge in [-0.3, -0.25) is 0 Å². The number of carboxylic acid groups (broad SMARTS) is 1. The molecule has 3 aliphatic rings. The van der Waals surface area contributed by atoms with Crippen LogP contribution in [0.3, 0.4) is 0 Å². The van der Waals surface area contributed by atoms with Gasteiger partial charge in [0, 0.05) is 0 Å². The van der Waals surface area contributed by atoms with Gasteiger partial charge in [-0.25, -0.2) is 0 Å². The summed E-state index contributed by atoms with van der Waals surface area (Å²) in [5.74, 6) is 1.10. The van der Waals surface area contributed by atoms with E-state index in [9.17, 15) is 9.90 Å². The van der Waals surface area contributed by atoms with Gasteiger partial charge in [-0.15, -0.1) is 12.4 Å². The molecular formula is C37H49ClNO2P. The topological polar surface area (TPSA) is 40.5 Å². The SMILES string of the molecule is Cl.O=C(O)[C@@H]1CC(CC2CCCCC2)CN1P(CC1CCCCC1)(c1ccccc1)(c1ccccc1)c1ccccc1. The van der Waals surface area contributed by atoms with Crippen LogP contribution in [0.4, 0.5) is 0 Å². The van der Waals surface area contributed by atoms with Crippen LogP contribution in [-0.4, -0.2) is 34.5 Å². The van der Waals surface area contributed by atoms with E-state index in [1.54, 1.807) is 0 Å². The number of hydrogen-bond donors (Lipinski definition) is 1. The summed E-state index contributed by atoms with van der Waals surface area (Å²) >= 11 is 0. The van der Waals surface area contributed by atoms with Crippen LogP contribution in [-0.2, 0) is 4.79 Å². The predicted octanol–water partition coefficient (Wildman–Crippen LogP) is 8.18. The maximum atomic E-state index is 13.4. The summed E-state index contributed by atoms with van der Waals surface area (Å²) in [6.07, 6.45) is 16.0. The summed E-state index contributed by atoms with van der Waals surface area (Å²) in [5, 5.41) is 15.0. The molecule has 42 heavy (non-hydrogen) atoms. The van der Waals surface area contributed by atoms with E-state index in [1.165, 1.54) is 86.5 Å². The van der Waals surface area contributed by atoms with Crippen molar-refractivity contribution in [2.24, 2.45) is 17.8 Å². The van der Waals surface area contributed by atoms with Gasteiger partial charge in [0.15, 0.2) is 0 Å². The zero-order chi connectivity index (χ0) is 28.1. The van der Waals surface area contributed by atoms with Crippen molar-refractivity contribution >= 4 is 41.0 Å². The number of nitrogens with zero attached hydrogens (tertiary/aromatic N) is 1. The third kappa shape index (κ3) is 5.58. The number of aliphatic carboxylic acids is 1. The Labute approximate surface area is 259 Å². The van der Waals surface area contributed by atoms with Gasteiger partial charge in [0.05, 0.1) is 0 Å². The predicted molar refractivity (Wildman–Crippen MR) is 181 cm³/mol. The number of halogens is 1. The molecule has 3 nitrogen and oxygen atoms in total. The Morgan fingerprint density at radius 2 is 1.07 bits per heavy atom. The van der Waals surface area contributed by atoms with E-state index < -0.39 is 18.8 Å². The fraction of sp³-hybridized carbons (Fsp3) is 0.486. The Morgan fingerprint density at radius 3 is 1.50 bits per heavy atom.